The summed E-state index contributed by atoms with van der Waals surface area (Å²) in [7, 11) is 0. The molecule has 2 aromatic carbocycles. The van der Waals surface area contributed by atoms with Crippen LogP contribution < -0.4 is 16.0 Å². The third-order valence-corrected chi connectivity index (χ3v) is 3.93. The van der Waals surface area contributed by atoms with Gasteiger partial charge in [-0.2, -0.15) is 0 Å². The summed E-state index contributed by atoms with van der Waals surface area (Å²) in [5.41, 5.74) is 1.41. The smallest absolute Gasteiger partial charge is 0.287 e. The minimum Gasteiger partial charge on any atom is -0.351 e. The molecule has 0 radical (unpaired) electrons. The van der Waals surface area contributed by atoms with Crippen molar-refractivity contribution >= 4 is 40.7 Å². The second-order valence-corrected chi connectivity index (χ2v) is 6.42. The average molecular weight is 381 g/mol. The number of quaternary nitrogens is 1. The Labute approximate surface area is 156 Å². The van der Waals surface area contributed by atoms with E-state index in [9.17, 15) is 9.59 Å². The molecule has 0 saturated carbocycles. The molecule has 0 heterocycles. The van der Waals surface area contributed by atoms with Crippen LogP contribution in [0, 0.1) is 0 Å². The second-order valence-electron chi connectivity index (χ2n) is 5.54. The number of hydrogen-bond acceptors (Lipinski definition) is 2. The molecule has 0 aliphatic carbocycles. The first-order valence-electron chi connectivity index (χ1n) is 7.85. The molecule has 25 heavy (non-hydrogen) atoms. The maximum Gasteiger partial charge on any atom is 0.287 e. The Bertz CT molecular complexity index is 718. The largest absolute Gasteiger partial charge is 0.351 e. The lowest BCUT2D eigenvalue weighted by molar-refractivity contribution is -0.680. The molecule has 0 fully saturated rings. The lowest BCUT2D eigenvalue weighted by Crippen LogP contribution is -2.88. The molecule has 2 rings (SSSR count). The molecule has 0 unspecified atom stereocenters. The number of carbonyl (C=O) groups is 2. The molecule has 5 nitrogen and oxygen atoms in total. The lowest BCUT2D eigenvalue weighted by atomic mass is 10.1. The van der Waals surface area contributed by atoms with Crippen molar-refractivity contribution in [3.05, 3.63) is 64.1 Å². The Morgan fingerprint density at radius 3 is 2.32 bits per heavy atom. The summed E-state index contributed by atoms with van der Waals surface area (Å²) in [4.78, 5) is 23.7. The molecule has 4 N–H and O–H groups in total. The first-order valence-corrected chi connectivity index (χ1v) is 8.61. The summed E-state index contributed by atoms with van der Waals surface area (Å²) in [6.45, 7) is 2.52. The zero-order valence-electron chi connectivity index (χ0n) is 13.8. The van der Waals surface area contributed by atoms with Crippen LogP contribution in [0.2, 0.25) is 10.0 Å². The number of rotatable bonds is 7. The fraction of sp³-hybridized carbons (Fsp3) is 0.222. The number of anilines is 1. The van der Waals surface area contributed by atoms with Crippen molar-refractivity contribution in [1.29, 1.82) is 0 Å². The molecule has 0 aliphatic rings. The van der Waals surface area contributed by atoms with Crippen LogP contribution in [-0.4, -0.2) is 24.9 Å². The van der Waals surface area contributed by atoms with Crippen molar-refractivity contribution in [2.24, 2.45) is 0 Å². The van der Waals surface area contributed by atoms with Crippen LogP contribution in [0.15, 0.2) is 48.5 Å². The average Bonchev–Trinajstić information content (AvgIpc) is 2.54. The zero-order chi connectivity index (χ0) is 18.2. The second kappa shape index (κ2) is 9.42. The van der Waals surface area contributed by atoms with Gasteiger partial charge in [-0.05, 0) is 18.2 Å². The highest BCUT2D eigenvalue weighted by molar-refractivity contribution is 6.35. The van der Waals surface area contributed by atoms with Gasteiger partial charge in [0.05, 0.1) is 13.1 Å². The predicted octanol–water partition coefficient (Wildman–Crippen LogP) is 2.37. The third-order valence-electron chi connectivity index (χ3n) is 3.49. The van der Waals surface area contributed by atoms with Crippen LogP contribution in [0.5, 0.6) is 0 Å². The van der Waals surface area contributed by atoms with Crippen LogP contribution in [0.25, 0.3) is 0 Å². The van der Waals surface area contributed by atoms with Crippen LogP contribution in [0.4, 0.5) is 5.69 Å². The maximum absolute atomic E-state index is 12.7. The molecule has 0 aromatic heterocycles. The van der Waals surface area contributed by atoms with Gasteiger partial charge in [0, 0.05) is 28.2 Å². The van der Waals surface area contributed by atoms with E-state index in [1.54, 1.807) is 18.2 Å². The topological polar surface area (TPSA) is 74.8 Å². The van der Waals surface area contributed by atoms with Crippen LogP contribution in [0.1, 0.15) is 18.5 Å². The SMILES string of the molecule is CC(=O)NCC[NH2+][C@@H](C(=O)Nc1cc(Cl)cc(Cl)c1)c1ccccc1. The van der Waals surface area contributed by atoms with E-state index in [0.717, 1.165) is 5.56 Å². The van der Waals surface area contributed by atoms with Gasteiger partial charge in [0.2, 0.25) is 5.91 Å². The highest BCUT2D eigenvalue weighted by Crippen LogP contribution is 2.23. The van der Waals surface area contributed by atoms with E-state index in [1.807, 2.05) is 35.6 Å². The van der Waals surface area contributed by atoms with E-state index in [2.05, 4.69) is 10.6 Å². The summed E-state index contributed by atoms with van der Waals surface area (Å²) >= 11 is 12.0. The van der Waals surface area contributed by atoms with E-state index in [-0.39, 0.29) is 11.8 Å². The Morgan fingerprint density at radius 2 is 1.72 bits per heavy atom. The van der Waals surface area contributed by atoms with E-state index >= 15 is 0 Å². The van der Waals surface area contributed by atoms with Gasteiger partial charge >= 0.3 is 0 Å². The van der Waals surface area contributed by atoms with Crippen molar-refractivity contribution in [3.8, 4) is 0 Å². The minimum atomic E-state index is -0.451. The number of carbonyl (C=O) groups excluding carboxylic acids is 2. The lowest BCUT2D eigenvalue weighted by Gasteiger charge is -2.16. The summed E-state index contributed by atoms with van der Waals surface area (Å²) in [6, 6.07) is 13.9. The summed E-state index contributed by atoms with van der Waals surface area (Å²) < 4.78 is 0. The van der Waals surface area contributed by atoms with E-state index in [0.29, 0.717) is 28.8 Å². The van der Waals surface area contributed by atoms with Gasteiger partial charge < -0.3 is 16.0 Å². The molecular formula is C18H20Cl2N3O2+. The minimum absolute atomic E-state index is 0.0947. The Morgan fingerprint density at radius 1 is 1.08 bits per heavy atom. The quantitative estimate of drug-likeness (QED) is 0.645. The Balaban J connectivity index is 2.10. The van der Waals surface area contributed by atoms with Gasteiger partial charge in [-0.25, -0.2) is 0 Å². The predicted molar refractivity (Wildman–Crippen MR) is 99.8 cm³/mol. The number of halogens is 2. The van der Waals surface area contributed by atoms with Crippen molar-refractivity contribution < 1.29 is 14.9 Å². The number of benzene rings is 2. The molecule has 1 atom stereocenters. The van der Waals surface area contributed by atoms with E-state index in [4.69, 9.17) is 23.2 Å². The highest BCUT2D eigenvalue weighted by atomic mass is 35.5. The van der Waals surface area contributed by atoms with Crippen molar-refractivity contribution in [3.63, 3.8) is 0 Å². The summed E-state index contributed by atoms with van der Waals surface area (Å²) in [6.07, 6.45) is 0. The van der Waals surface area contributed by atoms with Crippen LogP contribution in [-0.2, 0) is 9.59 Å². The standard InChI is InChI=1S/C18H19Cl2N3O2/c1-12(24)21-7-8-22-17(13-5-3-2-4-6-13)18(25)23-16-10-14(19)9-15(20)11-16/h2-6,9-11,17,22H,7-8H2,1H3,(H,21,24)(H,23,25)/p+1/t17-/m1/s1. The van der Waals surface area contributed by atoms with Gasteiger partial charge in [0.15, 0.2) is 6.04 Å². The number of nitrogens with one attached hydrogen (secondary N) is 2. The van der Waals surface area contributed by atoms with Gasteiger partial charge in [0.25, 0.3) is 5.91 Å². The molecule has 0 aliphatic heterocycles. The number of amides is 2. The van der Waals surface area contributed by atoms with Gasteiger partial charge in [0.1, 0.15) is 0 Å². The first kappa shape index (κ1) is 19.2. The van der Waals surface area contributed by atoms with Gasteiger partial charge in [-0.3, -0.25) is 9.59 Å². The van der Waals surface area contributed by atoms with Crippen LogP contribution in [0.3, 0.4) is 0 Å². The maximum atomic E-state index is 12.7. The van der Waals surface area contributed by atoms with Crippen molar-refractivity contribution in [2.75, 3.05) is 18.4 Å². The van der Waals surface area contributed by atoms with E-state index < -0.39 is 6.04 Å². The normalized spacial score (nSPS) is 11.6. The molecule has 2 aromatic rings. The molecule has 0 bridgehead atoms. The number of nitrogens with two attached hydrogens (primary N) is 1. The molecular weight excluding hydrogens is 361 g/mol. The monoisotopic (exact) mass is 380 g/mol. The molecule has 0 spiro atoms. The molecule has 7 heteroatoms. The van der Waals surface area contributed by atoms with Gasteiger partial charge in [-0.15, -0.1) is 0 Å². The fourth-order valence-electron chi connectivity index (χ4n) is 2.40. The van der Waals surface area contributed by atoms with E-state index in [1.165, 1.54) is 6.92 Å². The molecule has 2 amide bonds. The summed E-state index contributed by atoms with van der Waals surface area (Å²) in [5.74, 6) is -0.282. The zero-order valence-corrected chi connectivity index (χ0v) is 15.3. The van der Waals surface area contributed by atoms with Gasteiger partial charge in [-0.1, -0.05) is 53.5 Å². The van der Waals surface area contributed by atoms with Crippen molar-refractivity contribution in [1.82, 2.24) is 5.32 Å². The van der Waals surface area contributed by atoms with Crippen LogP contribution >= 0.6 is 23.2 Å². The molecule has 132 valence electrons. The Hall–Kier alpha value is -2.08. The number of hydrogen-bond donors (Lipinski definition) is 3. The summed E-state index contributed by atoms with van der Waals surface area (Å²) in [5, 5.41) is 8.35. The van der Waals surface area contributed by atoms with Crippen molar-refractivity contribution in [2.45, 2.75) is 13.0 Å². The Kier molecular flexibility index (Phi) is 7.25. The third kappa shape index (κ3) is 6.38. The molecule has 0 saturated heterocycles. The fourth-order valence-corrected chi connectivity index (χ4v) is 2.93. The first-order chi connectivity index (χ1) is 12.0. The highest BCUT2D eigenvalue weighted by Gasteiger charge is 2.24.